The van der Waals surface area contributed by atoms with Crippen molar-refractivity contribution in [2.24, 2.45) is 0 Å². The fourth-order valence-corrected chi connectivity index (χ4v) is 3.59. The maximum atomic E-state index is 12.7. The molecule has 1 aromatic heterocycles. The number of fused-ring (bicyclic) bond motifs is 1. The van der Waals surface area contributed by atoms with Crippen LogP contribution < -0.4 is 0 Å². The van der Waals surface area contributed by atoms with Crippen LogP contribution in [0.2, 0.25) is 0 Å². The Morgan fingerprint density at radius 1 is 1.17 bits per heavy atom. The first kappa shape index (κ1) is 14.7. The topological polar surface area (TPSA) is 61.5 Å². The summed E-state index contributed by atoms with van der Waals surface area (Å²) >= 11 is 0. The van der Waals surface area contributed by atoms with E-state index in [0.29, 0.717) is 6.04 Å². The number of aromatic amines is 1. The van der Waals surface area contributed by atoms with Gasteiger partial charge in [-0.25, -0.2) is 4.98 Å². The van der Waals surface area contributed by atoms with E-state index < -0.39 is 0 Å². The van der Waals surface area contributed by atoms with Gasteiger partial charge in [0.2, 0.25) is 0 Å². The lowest BCUT2D eigenvalue weighted by Gasteiger charge is -2.40. The van der Waals surface area contributed by atoms with Crippen LogP contribution in [0.3, 0.4) is 0 Å². The lowest BCUT2D eigenvalue weighted by molar-refractivity contribution is 0.0137. The summed E-state index contributed by atoms with van der Waals surface area (Å²) in [6.07, 6.45) is 3.89. The summed E-state index contributed by atoms with van der Waals surface area (Å²) in [4.78, 5) is 24.4. The standard InChI is InChI=1S/C17H22N4O2/c22-17(13-1-2-15-16(11-13)19-12-18-15)21-7-5-20(6-8-21)14-3-9-23-10-4-14/h1-2,11-12,14H,3-10H2,(H,18,19). The number of carbonyl (C=O) groups excluding carboxylic acids is 1. The zero-order valence-electron chi connectivity index (χ0n) is 13.2. The quantitative estimate of drug-likeness (QED) is 0.912. The first-order valence-electron chi connectivity index (χ1n) is 8.35. The Labute approximate surface area is 135 Å². The van der Waals surface area contributed by atoms with Crippen molar-refractivity contribution in [1.29, 1.82) is 0 Å². The van der Waals surface area contributed by atoms with Crippen molar-refractivity contribution in [3.8, 4) is 0 Å². The highest BCUT2D eigenvalue weighted by Gasteiger charge is 2.27. The van der Waals surface area contributed by atoms with E-state index in [9.17, 15) is 4.79 Å². The third-order valence-electron chi connectivity index (χ3n) is 4.98. The smallest absolute Gasteiger partial charge is 0.254 e. The van der Waals surface area contributed by atoms with E-state index in [0.717, 1.165) is 68.8 Å². The Morgan fingerprint density at radius 2 is 1.96 bits per heavy atom. The number of amides is 1. The number of hydrogen-bond acceptors (Lipinski definition) is 4. The molecule has 1 amide bonds. The van der Waals surface area contributed by atoms with Crippen molar-refractivity contribution in [2.45, 2.75) is 18.9 Å². The Morgan fingerprint density at radius 3 is 2.74 bits per heavy atom. The van der Waals surface area contributed by atoms with Gasteiger partial charge in [0, 0.05) is 51.0 Å². The Hall–Kier alpha value is -1.92. The van der Waals surface area contributed by atoms with Crippen LogP contribution in [-0.4, -0.2) is 71.1 Å². The highest BCUT2D eigenvalue weighted by atomic mass is 16.5. The van der Waals surface area contributed by atoms with E-state index in [4.69, 9.17) is 4.74 Å². The van der Waals surface area contributed by atoms with E-state index >= 15 is 0 Å². The molecule has 0 spiro atoms. The monoisotopic (exact) mass is 314 g/mol. The van der Waals surface area contributed by atoms with Crippen molar-refractivity contribution in [3.05, 3.63) is 30.1 Å². The normalized spacial score (nSPS) is 21.0. The van der Waals surface area contributed by atoms with Crippen LogP contribution in [-0.2, 0) is 4.74 Å². The zero-order chi connectivity index (χ0) is 15.6. The zero-order valence-corrected chi connectivity index (χ0v) is 13.2. The minimum Gasteiger partial charge on any atom is -0.381 e. The van der Waals surface area contributed by atoms with Crippen LogP contribution in [0, 0.1) is 0 Å². The van der Waals surface area contributed by atoms with Crippen LogP contribution in [0.15, 0.2) is 24.5 Å². The lowest BCUT2D eigenvalue weighted by atomic mass is 10.1. The molecule has 6 heteroatoms. The number of aromatic nitrogens is 2. The first-order valence-corrected chi connectivity index (χ1v) is 8.35. The second-order valence-electron chi connectivity index (χ2n) is 6.31. The lowest BCUT2D eigenvalue weighted by Crippen LogP contribution is -2.53. The molecule has 2 saturated heterocycles. The molecule has 4 rings (SSSR count). The highest BCUT2D eigenvalue weighted by molar-refractivity contribution is 5.97. The van der Waals surface area contributed by atoms with Gasteiger partial charge in [0.05, 0.1) is 17.4 Å². The maximum Gasteiger partial charge on any atom is 0.254 e. The van der Waals surface area contributed by atoms with Crippen molar-refractivity contribution in [3.63, 3.8) is 0 Å². The van der Waals surface area contributed by atoms with Gasteiger partial charge in [0.1, 0.15) is 0 Å². The number of ether oxygens (including phenoxy) is 1. The molecule has 0 atom stereocenters. The van der Waals surface area contributed by atoms with Crippen LogP contribution >= 0.6 is 0 Å². The summed E-state index contributed by atoms with van der Waals surface area (Å²) in [5.74, 6) is 0.119. The van der Waals surface area contributed by atoms with Gasteiger partial charge in [-0.05, 0) is 31.0 Å². The number of benzene rings is 1. The Kier molecular flexibility index (Phi) is 4.01. The van der Waals surface area contributed by atoms with Crippen LogP contribution in [0.1, 0.15) is 23.2 Å². The molecule has 1 N–H and O–H groups in total. The van der Waals surface area contributed by atoms with Crippen molar-refractivity contribution < 1.29 is 9.53 Å². The largest absolute Gasteiger partial charge is 0.381 e. The molecule has 0 radical (unpaired) electrons. The maximum absolute atomic E-state index is 12.7. The molecule has 3 heterocycles. The molecule has 0 unspecified atom stereocenters. The molecule has 2 fully saturated rings. The van der Waals surface area contributed by atoms with Gasteiger partial charge in [0.15, 0.2) is 0 Å². The van der Waals surface area contributed by atoms with Crippen molar-refractivity contribution in [2.75, 3.05) is 39.4 Å². The van der Waals surface area contributed by atoms with Gasteiger partial charge in [-0.1, -0.05) is 0 Å². The number of nitrogens with one attached hydrogen (secondary N) is 1. The van der Waals surface area contributed by atoms with Crippen LogP contribution in [0.5, 0.6) is 0 Å². The molecule has 2 aliphatic rings. The number of rotatable bonds is 2. The number of hydrogen-bond donors (Lipinski definition) is 1. The molecule has 2 aromatic rings. The molecule has 1 aromatic carbocycles. The van der Waals surface area contributed by atoms with Gasteiger partial charge < -0.3 is 14.6 Å². The van der Waals surface area contributed by atoms with E-state index in [2.05, 4.69) is 14.9 Å². The van der Waals surface area contributed by atoms with E-state index in [1.165, 1.54) is 0 Å². The average molecular weight is 314 g/mol. The Balaban J connectivity index is 1.40. The molecule has 2 aliphatic heterocycles. The summed E-state index contributed by atoms with van der Waals surface area (Å²) in [7, 11) is 0. The van der Waals surface area contributed by atoms with Gasteiger partial charge in [-0.3, -0.25) is 9.69 Å². The third kappa shape index (κ3) is 2.96. The minimum absolute atomic E-state index is 0.119. The van der Waals surface area contributed by atoms with Crippen molar-refractivity contribution >= 4 is 16.9 Å². The number of H-pyrrole nitrogens is 1. The molecule has 122 valence electrons. The minimum atomic E-state index is 0.119. The fourth-order valence-electron chi connectivity index (χ4n) is 3.59. The van der Waals surface area contributed by atoms with Gasteiger partial charge in [0.25, 0.3) is 5.91 Å². The SMILES string of the molecule is O=C(c1ccc2nc[nH]c2c1)N1CCN(C2CCOCC2)CC1. The second kappa shape index (κ2) is 6.29. The fraction of sp³-hybridized carbons (Fsp3) is 0.529. The predicted molar refractivity (Wildman–Crippen MR) is 87.4 cm³/mol. The van der Waals surface area contributed by atoms with Gasteiger partial charge in [-0.15, -0.1) is 0 Å². The average Bonchev–Trinajstić information content (AvgIpc) is 3.10. The van der Waals surface area contributed by atoms with Gasteiger partial charge >= 0.3 is 0 Å². The number of piperazine rings is 1. The van der Waals surface area contributed by atoms with Gasteiger partial charge in [-0.2, -0.15) is 0 Å². The van der Waals surface area contributed by atoms with E-state index in [1.54, 1.807) is 6.33 Å². The first-order chi connectivity index (χ1) is 11.3. The van der Waals surface area contributed by atoms with Crippen LogP contribution in [0.25, 0.3) is 11.0 Å². The predicted octanol–water partition coefficient (Wildman–Crippen LogP) is 1.50. The molecule has 0 aliphatic carbocycles. The van der Waals surface area contributed by atoms with Crippen molar-refractivity contribution in [1.82, 2.24) is 19.8 Å². The summed E-state index contributed by atoms with van der Waals surface area (Å²) in [5.41, 5.74) is 2.55. The Bertz CT molecular complexity index is 685. The summed E-state index contributed by atoms with van der Waals surface area (Å²) < 4.78 is 5.44. The summed E-state index contributed by atoms with van der Waals surface area (Å²) in [6.45, 7) is 5.27. The molecular formula is C17H22N4O2. The van der Waals surface area contributed by atoms with Crippen LogP contribution in [0.4, 0.5) is 0 Å². The molecule has 6 nitrogen and oxygen atoms in total. The number of imidazole rings is 1. The van der Waals surface area contributed by atoms with E-state index in [-0.39, 0.29) is 5.91 Å². The second-order valence-corrected chi connectivity index (χ2v) is 6.31. The summed E-state index contributed by atoms with van der Waals surface area (Å²) in [6, 6.07) is 6.30. The molecule has 0 saturated carbocycles. The molecular weight excluding hydrogens is 292 g/mol. The molecule has 23 heavy (non-hydrogen) atoms. The third-order valence-corrected chi connectivity index (χ3v) is 4.98. The summed E-state index contributed by atoms with van der Waals surface area (Å²) in [5, 5.41) is 0. The number of carbonyl (C=O) groups is 1. The highest BCUT2D eigenvalue weighted by Crippen LogP contribution is 2.18. The van der Waals surface area contributed by atoms with E-state index in [1.807, 2.05) is 23.1 Å². The number of nitrogens with zero attached hydrogens (tertiary/aromatic N) is 3. The molecule has 0 bridgehead atoms.